The lowest BCUT2D eigenvalue weighted by Crippen LogP contribution is -2.22. The van der Waals surface area contributed by atoms with Crippen LogP contribution in [0.5, 0.6) is 0 Å². The molecule has 0 unspecified atom stereocenters. The lowest BCUT2D eigenvalue weighted by Gasteiger charge is -2.02. The van der Waals surface area contributed by atoms with E-state index >= 15 is 0 Å². The summed E-state index contributed by atoms with van der Waals surface area (Å²) in [5.41, 5.74) is 0.934. The van der Waals surface area contributed by atoms with Gasteiger partial charge >= 0.3 is 0 Å². The van der Waals surface area contributed by atoms with Gasteiger partial charge in [0.05, 0.1) is 11.1 Å². The largest absolute Gasteiger partial charge is 0.296 e. The topological polar surface area (TPSA) is 106 Å². The number of aryl methyl sites for hydroxylation is 2. The first kappa shape index (κ1) is 15.7. The minimum atomic E-state index is -0.445. The summed E-state index contributed by atoms with van der Waals surface area (Å²) in [4.78, 5) is 22.5. The van der Waals surface area contributed by atoms with Crippen molar-refractivity contribution in [2.45, 2.75) is 20.3 Å². The van der Waals surface area contributed by atoms with Crippen LogP contribution in [0, 0.1) is 21.8 Å². The van der Waals surface area contributed by atoms with E-state index in [0.717, 1.165) is 4.68 Å². The first-order chi connectivity index (χ1) is 10.4. The molecule has 1 N–H and O–H groups in total. The molecule has 0 bridgehead atoms. The number of H-pyrrole nitrogens is 1. The van der Waals surface area contributed by atoms with Crippen LogP contribution in [-0.2, 0) is 6.42 Å². The van der Waals surface area contributed by atoms with Crippen molar-refractivity contribution in [3.63, 3.8) is 0 Å². The molecule has 0 saturated heterocycles. The summed E-state index contributed by atoms with van der Waals surface area (Å²) in [6, 6.07) is 4.77. The molecular weight excluding hydrogens is 306 g/mol. The van der Waals surface area contributed by atoms with Gasteiger partial charge in [-0.1, -0.05) is 19.1 Å². The number of hydrogen-bond acceptors (Lipinski definition) is 6. The fraction of sp³-hybridized carbons (Fsp3) is 0.231. The number of rotatable bonds is 4. The van der Waals surface area contributed by atoms with Gasteiger partial charge in [-0.2, -0.15) is 14.9 Å². The summed E-state index contributed by atoms with van der Waals surface area (Å²) in [7, 11) is 0. The highest BCUT2D eigenvalue weighted by Gasteiger charge is 2.12. The van der Waals surface area contributed by atoms with Crippen molar-refractivity contribution in [2.24, 2.45) is 5.10 Å². The highest BCUT2D eigenvalue weighted by molar-refractivity contribution is 7.71. The second-order valence-corrected chi connectivity index (χ2v) is 4.86. The van der Waals surface area contributed by atoms with Crippen LogP contribution in [-0.4, -0.2) is 26.0 Å². The second kappa shape index (κ2) is 6.39. The Morgan fingerprint density at radius 2 is 2.27 bits per heavy atom. The molecule has 9 heteroatoms. The number of aromatic nitrogens is 3. The molecular formula is C13H13N5O3S. The van der Waals surface area contributed by atoms with Crippen LogP contribution in [0.1, 0.15) is 23.7 Å². The highest BCUT2D eigenvalue weighted by atomic mass is 32.1. The van der Waals surface area contributed by atoms with Gasteiger partial charge in [0.25, 0.3) is 11.2 Å². The monoisotopic (exact) mass is 319 g/mol. The Bertz CT molecular complexity index is 869. The van der Waals surface area contributed by atoms with Crippen LogP contribution in [0.25, 0.3) is 0 Å². The van der Waals surface area contributed by atoms with E-state index in [2.05, 4.69) is 15.3 Å². The first-order valence-corrected chi connectivity index (χ1v) is 6.85. The lowest BCUT2D eigenvalue weighted by molar-refractivity contribution is -0.385. The summed E-state index contributed by atoms with van der Waals surface area (Å²) in [6.45, 7) is 3.37. The summed E-state index contributed by atoms with van der Waals surface area (Å²) in [5.74, 6) is 0. The van der Waals surface area contributed by atoms with E-state index in [4.69, 9.17) is 12.2 Å². The number of nitrogens with one attached hydrogen (secondary N) is 1. The second-order valence-electron chi connectivity index (χ2n) is 4.47. The Balaban J connectivity index is 2.46. The predicted molar refractivity (Wildman–Crippen MR) is 83.9 cm³/mol. The zero-order valence-corrected chi connectivity index (χ0v) is 12.8. The van der Waals surface area contributed by atoms with Gasteiger partial charge in [0.1, 0.15) is 5.69 Å². The molecule has 2 aromatic rings. The third-order valence-corrected chi connectivity index (χ3v) is 3.29. The average molecular weight is 319 g/mol. The van der Waals surface area contributed by atoms with Crippen molar-refractivity contribution in [1.82, 2.24) is 14.9 Å². The third kappa shape index (κ3) is 3.14. The number of nitrogens with zero attached hydrogens (tertiary/aromatic N) is 4. The van der Waals surface area contributed by atoms with Crippen LogP contribution < -0.4 is 5.56 Å². The summed E-state index contributed by atoms with van der Waals surface area (Å²) >= 11 is 4.94. The fourth-order valence-corrected chi connectivity index (χ4v) is 2.01. The van der Waals surface area contributed by atoms with Crippen LogP contribution in [0.2, 0.25) is 0 Å². The smallest absolute Gasteiger partial charge is 0.265 e. The number of benzene rings is 1. The normalized spacial score (nSPS) is 11.0. The quantitative estimate of drug-likeness (QED) is 0.401. The van der Waals surface area contributed by atoms with Crippen LogP contribution in [0.4, 0.5) is 5.69 Å². The highest BCUT2D eigenvalue weighted by Crippen LogP contribution is 2.20. The van der Waals surface area contributed by atoms with E-state index < -0.39 is 10.5 Å². The molecule has 1 aromatic carbocycles. The Morgan fingerprint density at radius 3 is 2.91 bits per heavy atom. The van der Waals surface area contributed by atoms with Crippen molar-refractivity contribution in [3.05, 3.63) is 60.3 Å². The van der Waals surface area contributed by atoms with E-state index in [1.54, 1.807) is 12.1 Å². The average Bonchev–Trinajstić information content (AvgIpc) is 2.50. The molecule has 2 rings (SSSR count). The maximum absolute atomic E-state index is 11.9. The Labute approximate surface area is 130 Å². The standard InChI is InChI=1S/C13H13N5O3S/c1-3-10-5-4-9(6-11(10)18(20)21)7-14-17-12(19)8(2)15-16-13(17)22/h4-7H,3H2,1-2H3,(H,16,22)/b14-7-. The van der Waals surface area contributed by atoms with Crippen molar-refractivity contribution in [1.29, 1.82) is 0 Å². The van der Waals surface area contributed by atoms with E-state index in [9.17, 15) is 14.9 Å². The molecule has 0 spiro atoms. The molecule has 0 radical (unpaired) electrons. The van der Waals surface area contributed by atoms with E-state index in [1.807, 2.05) is 6.92 Å². The maximum atomic E-state index is 11.9. The molecule has 1 heterocycles. The van der Waals surface area contributed by atoms with Gasteiger partial charge in [0.2, 0.25) is 4.77 Å². The van der Waals surface area contributed by atoms with Crippen LogP contribution >= 0.6 is 12.2 Å². The van der Waals surface area contributed by atoms with Crippen molar-refractivity contribution < 1.29 is 4.92 Å². The Kier molecular flexibility index (Phi) is 4.56. The number of hydrogen-bond donors (Lipinski definition) is 1. The van der Waals surface area contributed by atoms with Gasteiger partial charge in [0.15, 0.2) is 0 Å². The molecule has 0 saturated carbocycles. The fourth-order valence-electron chi connectivity index (χ4n) is 1.83. The lowest BCUT2D eigenvalue weighted by atomic mass is 10.1. The summed E-state index contributed by atoms with van der Waals surface area (Å²) in [6.07, 6.45) is 1.90. The number of aromatic amines is 1. The molecule has 8 nitrogen and oxygen atoms in total. The molecule has 0 atom stereocenters. The van der Waals surface area contributed by atoms with E-state index in [-0.39, 0.29) is 16.2 Å². The first-order valence-electron chi connectivity index (χ1n) is 6.44. The van der Waals surface area contributed by atoms with E-state index in [0.29, 0.717) is 17.5 Å². The summed E-state index contributed by atoms with van der Waals surface area (Å²) in [5, 5.41) is 21.2. The van der Waals surface area contributed by atoms with Gasteiger partial charge in [-0.15, -0.1) is 0 Å². The molecule has 0 amide bonds. The number of nitro groups is 1. The summed E-state index contributed by atoms with van der Waals surface area (Å²) < 4.78 is 1.03. The molecule has 0 aliphatic heterocycles. The Morgan fingerprint density at radius 1 is 1.55 bits per heavy atom. The van der Waals surface area contributed by atoms with Gasteiger partial charge in [-0.05, 0) is 25.6 Å². The minimum absolute atomic E-state index is 0.0230. The van der Waals surface area contributed by atoms with Crippen LogP contribution in [0.15, 0.2) is 28.1 Å². The zero-order valence-electron chi connectivity index (χ0n) is 11.9. The third-order valence-electron chi connectivity index (χ3n) is 3.02. The van der Waals surface area contributed by atoms with Gasteiger partial charge in [0, 0.05) is 17.2 Å². The predicted octanol–water partition coefficient (Wildman–Crippen LogP) is 1.96. The molecule has 0 fully saturated rings. The van der Waals surface area contributed by atoms with Crippen molar-refractivity contribution in [2.75, 3.05) is 0 Å². The Hall–Kier alpha value is -2.68. The van der Waals surface area contributed by atoms with Crippen molar-refractivity contribution >= 4 is 24.1 Å². The SMILES string of the molecule is CCc1ccc(/C=N\n2c(=S)[nH]nc(C)c2=O)cc1[N+](=O)[O-]. The van der Waals surface area contributed by atoms with Gasteiger partial charge in [-0.3, -0.25) is 20.0 Å². The number of nitro benzene ring substituents is 1. The molecule has 0 aliphatic carbocycles. The molecule has 0 aliphatic rings. The maximum Gasteiger partial charge on any atom is 0.296 e. The van der Waals surface area contributed by atoms with Crippen LogP contribution in [0.3, 0.4) is 0 Å². The van der Waals surface area contributed by atoms with Gasteiger partial charge in [-0.25, -0.2) is 0 Å². The van der Waals surface area contributed by atoms with E-state index in [1.165, 1.54) is 19.2 Å². The van der Waals surface area contributed by atoms with Gasteiger partial charge < -0.3 is 0 Å². The minimum Gasteiger partial charge on any atom is -0.265 e. The molecule has 22 heavy (non-hydrogen) atoms. The molecule has 1 aromatic heterocycles. The molecule has 114 valence electrons. The zero-order chi connectivity index (χ0) is 16.3. The van der Waals surface area contributed by atoms with Crippen molar-refractivity contribution in [3.8, 4) is 0 Å².